The van der Waals surface area contributed by atoms with Crippen LogP contribution in [0, 0.1) is 6.92 Å². The van der Waals surface area contributed by atoms with Crippen molar-refractivity contribution in [1.82, 2.24) is 9.97 Å². The predicted molar refractivity (Wildman–Crippen MR) is 89.8 cm³/mol. The SMILES string of the molecule is CCNc1cc(N2CCc3cc(Br)ccc3C2)nc(C)n1. The van der Waals surface area contributed by atoms with Gasteiger partial charge in [0.2, 0.25) is 0 Å². The van der Waals surface area contributed by atoms with Crippen molar-refractivity contribution in [1.29, 1.82) is 0 Å². The third-order valence-electron chi connectivity index (χ3n) is 3.69. The fourth-order valence-electron chi connectivity index (χ4n) is 2.70. The molecule has 110 valence electrons. The third-order valence-corrected chi connectivity index (χ3v) is 4.18. The third kappa shape index (κ3) is 3.18. The minimum absolute atomic E-state index is 0.810. The molecule has 0 radical (unpaired) electrons. The lowest BCUT2D eigenvalue weighted by Gasteiger charge is -2.30. The van der Waals surface area contributed by atoms with Crippen LogP contribution in [0.25, 0.3) is 0 Å². The van der Waals surface area contributed by atoms with Crippen LogP contribution in [0.4, 0.5) is 11.6 Å². The van der Waals surface area contributed by atoms with Crippen LogP contribution in [0.1, 0.15) is 23.9 Å². The van der Waals surface area contributed by atoms with Crippen LogP contribution in [0.15, 0.2) is 28.7 Å². The first-order chi connectivity index (χ1) is 10.2. The summed E-state index contributed by atoms with van der Waals surface area (Å²) in [5, 5.41) is 3.27. The summed E-state index contributed by atoms with van der Waals surface area (Å²) in [5.41, 5.74) is 2.81. The molecule has 1 N–H and O–H groups in total. The Morgan fingerprint density at radius 2 is 2.10 bits per heavy atom. The van der Waals surface area contributed by atoms with Crippen LogP contribution in [0.5, 0.6) is 0 Å². The predicted octanol–water partition coefficient (Wildman–Crippen LogP) is 3.54. The monoisotopic (exact) mass is 346 g/mol. The first-order valence-electron chi connectivity index (χ1n) is 7.27. The van der Waals surface area contributed by atoms with Gasteiger partial charge in [0.05, 0.1) is 0 Å². The number of anilines is 2. The molecule has 4 nitrogen and oxygen atoms in total. The van der Waals surface area contributed by atoms with E-state index in [-0.39, 0.29) is 0 Å². The van der Waals surface area contributed by atoms with E-state index in [1.165, 1.54) is 11.1 Å². The van der Waals surface area contributed by atoms with Gasteiger partial charge in [0.25, 0.3) is 0 Å². The second kappa shape index (κ2) is 6.02. The molecule has 3 rings (SSSR count). The first-order valence-corrected chi connectivity index (χ1v) is 8.07. The van der Waals surface area contributed by atoms with Gasteiger partial charge in [-0.05, 0) is 43.5 Å². The average Bonchev–Trinajstić information content (AvgIpc) is 2.46. The summed E-state index contributed by atoms with van der Waals surface area (Å²) in [4.78, 5) is 11.3. The van der Waals surface area contributed by atoms with Crippen molar-refractivity contribution in [2.24, 2.45) is 0 Å². The van der Waals surface area contributed by atoms with Crippen LogP contribution in [-0.2, 0) is 13.0 Å². The van der Waals surface area contributed by atoms with E-state index in [9.17, 15) is 0 Å². The molecule has 1 aromatic heterocycles. The average molecular weight is 347 g/mol. The van der Waals surface area contributed by atoms with Gasteiger partial charge in [-0.1, -0.05) is 22.0 Å². The highest BCUT2D eigenvalue weighted by atomic mass is 79.9. The summed E-state index contributed by atoms with van der Waals surface area (Å²) in [6, 6.07) is 8.57. The molecule has 0 fully saturated rings. The molecule has 0 unspecified atom stereocenters. The highest BCUT2D eigenvalue weighted by molar-refractivity contribution is 9.10. The van der Waals surface area contributed by atoms with Crippen molar-refractivity contribution in [2.45, 2.75) is 26.8 Å². The van der Waals surface area contributed by atoms with E-state index in [1.807, 2.05) is 13.0 Å². The number of rotatable bonds is 3. The van der Waals surface area contributed by atoms with E-state index in [0.717, 1.165) is 48.0 Å². The van der Waals surface area contributed by atoms with E-state index >= 15 is 0 Å². The van der Waals surface area contributed by atoms with Crippen molar-refractivity contribution in [3.63, 3.8) is 0 Å². The minimum atomic E-state index is 0.810. The standard InChI is InChI=1S/C16H19BrN4/c1-3-18-15-9-16(20-11(2)19-15)21-7-6-12-8-14(17)5-4-13(12)10-21/h4-5,8-9H,3,6-7,10H2,1-2H3,(H,18,19,20). The number of aryl methyl sites for hydroxylation is 1. The van der Waals surface area contributed by atoms with Gasteiger partial charge in [0.1, 0.15) is 17.5 Å². The molecule has 2 aromatic rings. The van der Waals surface area contributed by atoms with Gasteiger partial charge in [-0.2, -0.15) is 0 Å². The lowest BCUT2D eigenvalue weighted by atomic mass is 10.00. The molecule has 1 aliphatic rings. The maximum atomic E-state index is 4.60. The quantitative estimate of drug-likeness (QED) is 0.922. The summed E-state index contributed by atoms with van der Waals surface area (Å²) in [7, 11) is 0. The second-order valence-electron chi connectivity index (χ2n) is 5.27. The number of aromatic nitrogens is 2. The van der Waals surface area contributed by atoms with Crippen LogP contribution in [0.3, 0.4) is 0 Å². The number of benzene rings is 1. The summed E-state index contributed by atoms with van der Waals surface area (Å²) in [6.07, 6.45) is 1.05. The van der Waals surface area contributed by atoms with E-state index < -0.39 is 0 Å². The fraction of sp³-hybridized carbons (Fsp3) is 0.375. The van der Waals surface area contributed by atoms with E-state index in [2.05, 4.69) is 61.2 Å². The normalized spacial score (nSPS) is 14.0. The van der Waals surface area contributed by atoms with Gasteiger partial charge in [-0.3, -0.25) is 0 Å². The van der Waals surface area contributed by atoms with Crippen LogP contribution >= 0.6 is 15.9 Å². The Morgan fingerprint density at radius 3 is 2.90 bits per heavy atom. The van der Waals surface area contributed by atoms with Gasteiger partial charge in [-0.25, -0.2) is 9.97 Å². The van der Waals surface area contributed by atoms with Crippen molar-refractivity contribution >= 4 is 27.6 Å². The summed E-state index contributed by atoms with van der Waals surface area (Å²) in [5.74, 6) is 2.72. The highest BCUT2D eigenvalue weighted by Crippen LogP contribution is 2.26. The van der Waals surface area contributed by atoms with Gasteiger partial charge < -0.3 is 10.2 Å². The molecule has 1 aromatic carbocycles. The van der Waals surface area contributed by atoms with Crippen molar-refractivity contribution in [2.75, 3.05) is 23.3 Å². The Morgan fingerprint density at radius 1 is 1.24 bits per heavy atom. The Balaban J connectivity index is 1.87. The maximum Gasteiger partial charge on any atom is 0.134 e. The smallest absolute Gasteiger partial charge is 0.134 e. The van der Waals surface area contributed by atoms with Crippen LogP contribution in [-0.4, -0.2) is 23.1 Å². The molecule has 0 atom stereocenters. The Bertz CT molecular complexity index is 657. The van der Waals surface area contributed by atoms with E-state index in [1.54, 1.807) is 0 Å². The molecule has 1 aliphatic heterocycles. The molecule has 21 heavy (non-hydrogen) atoms. The molecule has 2 heterocycles. The Labute approximate surface area is 133 Å². The maximum absolute atomic E-state index is 4.60. The number of hydrogen-bond donors (Lipinski definition) is 1. The highest BCUT2D eigenvalue weighted by Gasteiger charge is 2.18. The van der Waals surface area contributed by atoms with E-state index in [0.29, 0.717) is 0 Å². The molecule has 0 saturated carbocycles. The molecular weight excluding hydrogens is 328 g/mol. The number of halogens is 1. The molecule has 0 saturated heterocycles. The zero-order valence-electron chi connectivity index (χ0n) is 12.4. The molecule has 5 heteroatoms. The lowest BCUT2D eigenvalue weighted by molar-refractivity contribution is 0.716. The number of hydrogen-bond acceptors (Lipinski definition) is 4. The van der Waals surface area contributed by atoms with Crippen molar-refractivity contribution in [3.05, 3.63) is 45.7 Å². The Hall–Kier alpha value is -1.62. The lowest BCUT2D eigenvalue weighted by Crippen LogP contribution is -2.31. The Kier molecular flexibility index (Phi) is 4.10. The largest absolute Gasteiger partial charge is 0.370 e. The summed E-state index contributed by atoms with van der Waals surface area (Å²) >= 11 is 3.54. The molecular formula is C16H19BrN4. The summed E-state index contributed by atoms with van der Waals surface area (Å²) in [6.45, 7) is 6.79. The topological polar surface area (TPSA) is 41.0 Å². The van der Waals surface area contributed by atoms with Gasteiger partial charge in [0.15, 0.2) is 0 Å². The van der Waals surface area contributed by atoms with Gasteiger partial charge >= 0.3 is 0 Å². The number of nitrogens with zero attached hydrogens (tertiary/aromatic N) is 3. The minimum Gasteiger partial charge on any atom is -0.370 e. The zero-order chi connectivity index (χ0) is 14.8. The molecule has 0 spiro atoms. The summed E-state index contributed by atoms with van der Waals surface area (Å²) < 4.78 is 1.15. The van der Waals surface area contributed by atoms with Crippen LogP contribution in [0.2, 0.25) is 0 Å². The van der Waals surface area contributed by atoms with Crippen molar-refractivity contribution in [3.8, 4) is 0 Å². The van der Waals surface area contributed by atoms with Crippen molar-refractivity contribution < 1.29 is 0 Å². The van der Waals surface area contributed by atoms with Gasteiger partial charge in [0, 0.05) is 30.2 Å². The molecule has 0 amide bonds. The number of nitrogens with one attached hydrogen (secondary N) is 1. The molecule has 0 bridgehead atoms. The fourth-order valence-corrected chi connectivity index (χ4v) is 3.11. The molecule has 0 aliphatic carbocycles. The second-order valence-corrected chi connectivity index (χ2v) is 6.19. The van der Waals surface area contributed by atoms with Crippen LogP contribution < -0.4 is 10.2 Å². The first kappa shape index (κ1) is 14.3. The van der Waals surface area contributed by atoms with E-state index in [4.69, 9.17) is 0 Å². The number of fused-ring (bicyclic) bond motifs is 1. The van der Waals surface area contributed by atoms with Gasteiger partial charge in [-0.15, -0.1) is 0 Å². The zero-order valence-corrected chi connectivity index (χ0v) is 13.9.